The van der Waals surface area contributed by atoms with Gasteiger partial charge in [0.2, 0.25) is 11.8 Å². The van der Waals surface area contributed by atoms with Gasteiger partial charge in [-0.3, -0.25) is 9.59 Å². The van der Waals surface area contributed by atoms with Crippen molar-refractivity contribution >= 4 is 11.8 Å². The van der Waals surface area contributed by atoms with E-state index in [9.17, 15) is 9.59 Å². The Morgan fingerprint density at radius 3 is 2.36 bits per heavy atom. The van der Waals surface area contributed by atoms with Crippen LogP contribution in [0.5, 0.6) is 0 Å². The fraction of sp³-hybridized carbons (Fsp3) is 0.800. The van der Waals surface area contributed by atoms with Gasteiger partial charge in [-0.2, -0.15) is 0 Å². The molecule has 0 saturated carbocycles. The van der Waals surface area contributed by atoms with Crippen molar-refractivity contribution in [3.63, 3.8) is 0 Å². The third kappa shape index (κ3) is 1.89. The molecule has 0 spiro atoms. The fourth-order valence-corrected chi connectivity index (χ4v) is 1.87. The Balaban J connectivity index is 2.96. The Hall–Kier alpha value is -1.06. The molecule has 1 atom stereocenters. The van der Waals surface area contributed by atoms with Crippen LogP contribution in [0.2, 0.25) is 0 Å². The van der Waals surface area contributed by atoms with E-state index in [-0.39, 0.29) is 29.8 Å². The van der Waals surface area contributed by atoms with Gasteiger partial charge in [0.05, 0.1) is 6.54 Å². The lowest BCUT2D eigenvalue weighted by molar-refractivity contribution is -0.149. The highest BCUT2D eigenvalue weighted by molar-refractivity contribution is 5.95. The monoisotopic (exact) mass is 198 g/mol. The van der Waals surface area contributed by atoms with E-state index in [1.807, 2.05) is 27.7 Å². The molecule has 1 heterocycles. The van der Waals surface area contributed by atoms with E-state index in [4.69, 9.17) is 0 Å². The molecule has 2 amide bonds. The molecule has 4 nitrogen and oxygen atoms in total. The van der Waals surface area contributed by atoms with Gasteiger partial charge < -0.3 is 10.2 Å². The molecule has 14 heavy (non-hydrogen) atoms. The number of hydrogen-bond donors (Lipinski definition) is 1. The lowest BCUT2D eigenvalue weighted by Gasteiger charge is -2.41. The predicted molar refractivity (Wildman–Crippen MR) is 53.6 cm³/mol. The molecule has 1 fully saturated rings. The number of amides is 2. The Morgan fingerprint density at radius 1 is 1.43 bits per heavy atom. The molecule has 1 rings (SSSR count). The quantitative estimate of drug-likeness (QED) is 0.662. The first-order chi connectivity index (χ1) is 6.38. The molecule has 0 aromatic carbocycles. The van der Waals surface area contributed by atoms with Crippen LogP contribution in [0.1, 0.15) is 27.7 Å². The summed E-state index contributed by atoms with van der Waals surface area (Å²) in [6, 6.07) is -0.339. The molecule has 0 radical (unpaired) electrons. The van der Waals surface area contributed by atoms with Gasteiger partial charge in [-0.1, -0.05) is 20.8 Å². The van der Waals surface area contributed by atoms with Crippen molar-refractivity contribution in [2.45, 2.75) is 33.7 Å². The van der Waals surface area contributed by atoms with E-state index in [0.29, 0.717) is 6.54 Å². The van der Waals surface area contributed by atoms with Crippen LogP contribution in [0, 0.1) is 5.41 Å². The van der Waals surface area contributed by atoms with Crippen molar-refractivity contribution in [2.24, 2.45) is 5.41 Å². The molecule has 1 aliphatic heterocycles. The summed E-state index contributed by atoms with van der Waals surface area (Å²) in [6.45, 7) is 8.54. The minimum atomic E-state index is -0.339. The Morgan fingerprint density at radius 2 is 2.00 bits per heavy atom. The van der Waals surface area contributed by atoms with Crippen LogP contribution < -0.4 is 5.32 Å². The minimum absolute atomic E-state index is 0.00650. The molecular weight excluding hydrogens is 180 g/mol. The second kappa shape index (κ2) is 3.59. The standard InChI is InChI=1S/C10H18N2O2/c1-5-12-7(13)6-11-9(14)8(12)10(2,3)4/h8H,5-6H2,1-4H3,(H,11,14). The molecule has 1 unspecified atom stereocenters. The van der Waals surface area contributed by atoms with E-state index in [1.165, 1.54) is 0 Å². The summed E-state index contributed by atoms with van der Waals surface area (Å²) in [5.74, 6) is -0.0361. The van der Waals surface area contributed by atoms with E-state index in [0.717, 1.165) is 0 Å². The maximum absolute atomic E-state index is 11.7. The summed E-state index contributed by atoms with van der Waals surface area (Å²) >= 11 is 0. The van der Waals surface area contributed by atoms with Crippen molar-refractivity contribution in [1.29, 1.82) is 0 Å². The second-order valence-electron chi connectivity index (χ2n) is 4.67. The molecule has 1 saturated heterocycles. The molecule has 1 aliphatic rings. The van der Waals surface area contributed by atoms with E-state index in [1.54, 1.807) is 4.90 Å². The number of nitrogens with one attached hydrogen (secondary N) is 1. The predicted octanol–water partition coefficient (Wildman–Crippen LogP) is 0.379. The third-order valence-electron chi connectivity index (χ3n) is 2.46. The average molecular weight is 198 g/mol. The van der Waals surface area contributed by atoms with Gasteiger partial charge in [-0.25, -0.2) is 0 Å². The van der Waals surface area contributed by atoms with Gasteiger partial charge in [-0.05, 0) is 12.3 Å². The Labute approximate surface area is 84.7 Å². The molecule has 0 aliphatic carbocycles. The van der Waals surface area contributed by atoms with Gasteiger partial charge in [0.15, 0.2) is 0 Å². The van der Waals surface area contributed by atoms with Crippen LogP contribution in [0.15, 0.2) is 0 Å². The summed E-state index contributed by atoms with van der Waals surface area (Å²) in [6.07, 6.45) is 0. The minimum Gasteiger partial charge on any atom is -0.345 e. The van der Waals surface area contributed by atoms with Crippen LogP contribution in [-0.4, -0.2) is 35.8 Å². The summed E-state index contributed by atoms with van der Waals surface area (Å²) in [5, 5.41) is 2.62. The molecule has 0 aromatic rings. The van der Waals surface area contributed by atoms with Gasteiger partial charge in [0.25, 0.3) is 0 Å². The lowest BCUT2D eigenvalue weighted by atomic mass is 9.84. The zero-order valence-electron chi connectivity index (χ0n) is 9.26. The number of nitrogens with zero attached hydrogens (tertiary/aromatic N) is 1. The number of carbonyl (C=O) groups excluding carboxylic acids is 2. The Kier molecular flexibility index (Phi) is 2.83. The molecule has 80 valence electrons. The zero-order chi connectivity index (χ0) is 10.9. The van der Waals surface area contributed by atoms with Crippen molar-refractivity contribution in [3.05, 3.63) is 0 Å². The first-order valence-electron chi connectivity index (χ1n) is 4.95. The van der Waals surface area contributed by atoms with E-state index in [2.05, 4.69) is 5.32 Å². The number of hydrogen-bond acceptors (Lipinski definition) is 2. The van der Waals surface area contributed by atoms with Crippen LogP contribution in [0.4, 0.5) is 0 Å². The summed E-state index contributed by atoms with van der Waals surface area (Å²) < 4.78 is 0. The van der Waals surface area contributed by atoms with Crippen molar-refractivity contribution < 1.29 is 9.59 Å². The van der Waals surface area contributed by atoms with E-state index >= 15 is 0 Å². The zero-order valence-corrected chi connectivity index (χ0v) is 9.26. The van der Waals surface area contributed by atoms with Crippen molar-refractivity contribution in [1.82, 2.24) is 10.2 Å². The average Bonchev–Trinajstić information content (AvgIpc) is 2.06. The summed E-state index contributed by atoms with van der Waals surface area (Å²) in [5.41, 5.74) is -0.212. The van der Waals surface area contributed by atoms with Crippen LogP contribution >= 0.6 is 0 Å². The van der Waals surface area contributed by atoms with Gasteiger partial charge in [0.1, 0.15) is 6.04 Å². The third-order valence-corrected chi connectivity index (χ3v) is 2.46. The second-order valence-corrected chi connectivity index (χ2v) is 4.67. The highest BCUT2D eigenvalue weighted by Gasteiger charge is 2.41. The highest BCUT2D eigenvalue weighted by Crippen LogP contribution is 2.26. The number of likely N-dealkylation sites (N-methyl/N-ethyl adjacent to an activating group) is 1. The topological polar surface area (TPSA) is 49.4 Å². The largest absolute Gasteiger partial charge is 0.345 e. The van der Waals surface area contributed by atoms with E-state index < -0.39 is 0 Å². The summed E-state index contributed by atoms with van der Waals surface area (Å²) in [7, 11) is 0. The molecule has 0 bridgehead atoms. The Bertz CT molecular complexity index is 255. The first-order valence-corrected chi connectivity index (χ1v) is 4.95. The molecular formula is C10H18N2O2. The fourth-order valence-electron chi connectivity index (χ4n) is 1.87. The molecule has 4 heteroatoms. The summed E-state index contributed by atoms with van der Waals surface area (Å²) in [4.78, 5) is 24.8. The lowest BCUT2D eigenvalue weighted by Crippen LogP contribution is -2.62. The van der Waals surface area contributed by atoms with Gasteiger partial charge in [-0.15, -0.1) is 0 Å². The first kappa shape index (κ1) is 11.0. The maximum Gasteiger partial charge on any atom is 0.243 e. The number of piperazine rings is 1. The van der Waals surface area contributed by atoms with Gasteiger partial charge >= 0.3 is 0 Å². The number of carbonyl (C=O) groups is 2. The van der Waals surface area contributed by atoms with Crippen molar-refractivity contribution in [3.8, 4) is 0 Å². The number of rotatable bonds is 1. The highest BCUT2D eigenvalue weighted by atomic mass is 16.2. The van der Waals surface area contributed by atoms with Crippen LogP contribution in [-0.2, 0) is 9.59 Å². The molecule has 0 aromatic heterocycles. The normalized spacial score (nSPS) is 23.7. The smallest absolute Gasteiger partial charge is 0.243 e. The molecule has 1 N–H and O–H groups in total. The van der Waals surface area contributed by atoms with Crippen LogP contribution in [0.3, 0.4) is 0 Å². The SMILES string of the molecule is CCN1C(=O)CNC(=O)C1C(C)(C)C. The van der Waals surface area contributed by atoms with Gasteiger partial charge in [0, 0.05) is 6.54 Å². The maximum atomic E-state index is 11.7. The van der Waals surface area contributed by atoms with Crippen molar-refractivity contribution in [2.75, 3.05) is 13.1 Å². The van der Waals surface area contributed by atoms with Crippen LogP contribution in [0.25, 0.3) is 0 Å².